The summed E-state index contributed by atoms with van der Waals surface area (Å²) in [7, 11) is -0.894. The highest BCUT2D eigenvalue weighted by atomic mass is 32.2. The quantitative estimate of drug-likeness (QED) is 0.572. The average molecular weight is 273 g/mol. The van der Waals surface area contributed by atoms with Gasteiger partial charge in [0.2, 0.25) is 11.6 Å². The summed E-state index contributed by atoms with van der Waals surface area (Å²) in [5, 5.41) is 13.7. The molecule has 0 bridgehead atoms. The smallest absolute Gasteiger partial charge is 0.352 e. The van der Waals surface area contributed by atoms with Crippen LogP contribution in [0, 0.1) is 10.1 Å². The topological polar surface area (TPSA) is 124 Å². The van der Waals surface area contributed by atoms with E-state index < -0.39 is 15.7 Å². The van der Waals surface area contributed by atoms with Crippen molar-refractivity contribution >= 4 is 28.1 Å². The van der Waals surface area contributed by atoms with Gasteiger partial charge in [-0.3, -0.25) is 14.3 Å². The van der Waals surface area contributed by atoms with Crippen LogP contribution in [-0.2, 0) is 10.8 Å². The largest absolute Gasteiger partial charge is 0.378 e. The van der Waals surface area contributed by atoms with Gasteiger partial charge in [0.25, 0.3) is 0 Å². The fourth-order valence-corrected chi connectivity index (χ4v) is 2.01. The summed E-state index contributed by atoms with van der Waals surface area (Å²) < 4.78 is 11.0. The minimum atomic E-state index is -0.894. The number of nitro groups is 1. The van der Waals surface area contributed by atoms with Crippen molar-refractivity contribution < 1.29 is 9.13 Å². The number of nitrogen functional groups attached to an aromatic ring is 1. The minimum Gasteiger partial charge on any atom is -0.378 e. The van der Waals surface area contributed by atoms with Gasteiger partial charge in [0.05, 0.1) is 4.92 Å². The molecule has 0 aliphatic heterocycles. The van der Waals surface area contributed by atoms with E-state index in [9.17, 15) is 14.3 Å². The molecule has 0 aliphatic carbocycles. The van der Waals surface area contributed by atoms with E-state index in [2.05, 4.69) is 15.3 Å². The Labute approximate surface area is 107 Å². The highest BCUT2D eigenvalue weighted by Gasteiger charge is 2.21. The molecule has 100 valence electrons. The summed E-state index contributed by atoms with van der Waals surface area (Å²) in [6.07, 6.45) is 3.39. The monoisotopic (exact) mass is 273 g/mol. The molecule has 1 aromatic heterocycles. The molecular formula is C9H15N5O3S. The minimum absolute atomic E-state index is 0.0851. The highest BCUT2D eigenvalue weighted by Crippen LogP contribution is 2.26. The lowest BCUT2D eigenvalue weighted by molar-refractivity contribution is -0.383. The Balaban J connectivity index is 2.81. The fourth-order valence-electron chi connectivity index (χ4n) is 1.33. The number of anilines is 2. The number of nitrogens with one attached hydrogen (secondary N) is 1. The summed E-state index contributed by atoms with van der Waals surface area (Å²) in [4.78, 5) is 17.6. The average Bonchev–Trinajstić information content (AvgIpc) is 2.26. The number of rotatable bonds is 6. The van der Waals surface area contributed by atoms with E-state index in [0.29, 0.717) is 12.2 Å². The van der Waals surface area contributed by atoms with E-state index in [1.807, 2.05) is 6.92 Å². The summed E-state index contributed by atoms with van der Waals surface area (Å²) in [5.74, 6) is 0.424. The molecule has 2 unspecified atom stereocenters. The molecule has 18 heavy (non-hydrogen) atoms. The van der Waals surface area contributed by atoms with Crippen LogP contribution in [0.3, 0.4) is 0 Å². The van der Waals surface area contributed by atoms with E-state index in [1.54, 1.807) is 6.26 Å². The zero-order valence-electron chi connectivity index (χ0n) is 10.1. The first-order valence-electron chi connectivity index (χ1n) is 5.23. The number of nitrogens with zero attached hydrogens (tertiary/aromatic N) is 3. The van der Waals surface area contributed by atoms with Crippen LogP contribution in [0.1, 0.15) is 13.3 Å². The fraction of sp³-hybridized carbons (Fsp3) is 0.556. The molecule has 8 nitrogen and oxygen atoms in total. The molecule has 3 N–H and O–H groups in total. The van der Waals surface area contributed by atoms with Gasteiger partial charge in [-0.1, -0.05) is 0 Å². The molecule has 0 saturated carbocycles. The van der Waals surface area contributed by atoms with Gasteiger partial charge in [-0.2, -0.15) is 0 Å². The van der Waals surface area contributed by atoms with Crippen LogP contribution in [0.5, 0.6) is 0 Å². The summed E-state index contributed by atoms with van der Waals surface area (Å²) >= 11 is 0. The number of nitrogens with two attached hydrogens (primary N) is 1. The normalized spacial score (nSPS) is 13.9. The maximum absolute atomic E-state index is 11.0. The Kier molecular flexibility index (Phi) is 4.95. The SMILES string of the molecule is CC(CCS(C)=O)Nc1ncnc(N)c1[N+](=O)[O-]. The summed E-state index contributed by atoms with van der Waals surface area (Å²) in [5.41, 5.74) is 5.11. The molecular weight excluding hydrogens is 258 g/mol. The van der Waals surface area contributed by atoms with Crippen molar-refractivity contribution in [2.75, 3.05) is 23.1 Å². The van der Waals surface area contributed by atoms with Gasteiger partial charge < -0.3 is 11.1 Å². The van der Waals surface area contributed by atoms with Crippen molar-refractivity contribution in [1.29, 1.82) is 0 Å². The standard InChI is InChI=1S/C9H15N5O3S/c1-6(3-4-18(2)17)13-9-7(14(15)16)8(10)11-5-12-9/h5-6H,3-4H2,1-2H3,(H3,10,11,12,13). The predicted molar refractivity (Wildman–Crippen MR) is 69.7 cm³/mol. The van der Waals surface area contributed by atoms with Gasteiger partial charge in [-0.25, -0.2) is 9.97 Å². The van der Waals surface area contributed by atoms with Crippen LogP contribution in [0.4, 0.5) is 17.3 Å². The summed E-state index contributed by atoms with van der Waals surface area (Å²) in [6.45, 7) is 1.83. The number of hydrogen-bond acceptors (Lipinski definition) is 7. The van der Waals surface area contributed by atoms with Crippen molar-refractivity contribution in [2.24, 2.45) is 0 Å². The second-order valence-electron chi connectivity index (χ2n) is 3.82. The first kappa shape index (κ1) is 14.3. The van der Waals surface area contributed by atoms with Crippen LogP contribution in [-0.4, -0.2) is 37.2 Å². The predicted octanol–water partition coefficient (Wildman–Crippen LogP) is 0.536. The van der Waals surface area contributed by atoms with Crippen molar-refractivity contribution in [3.8, 4) is 0 Å². The van der Waals surface area contributed by atoms with Gasteiger partial charge in [0.1, 0.15) is 6.33 Å². The van der Waals surface area contributed by atoms with Crippen LogP contribution in [0.15, 0.2) is 6.33 Å². The zero-order valence-corrected chi connectivity index (χ0v) is 10.9. The lowest BCUT2D eigenvalue weighted by atomic mass is 10.2. The Morgan fingerprint density at radius 2 is 2.28 bits per heavy atom. The second kappa shape index (κ2) is 6.24. The molecule has 0 aromatic carbocycles. The number of hydrogen-bond donors (Lipinski definition) is 2. The molecule has 2 atom stereocenters. The van der Waals surface area contributed by atoms with Crippen molar-refractivity contribution in [3.05, 3.63) is 16.4 Å². The third-order valence-corrected chi connectivity index (χ3v) is 3.07. The third kappa shape index (κ3) is 3.91. The van der Waals surface area contributed by atoms with Gasteiger partial charge in [0.15, 0.2) is 0 Å². The van der Waals surface area contributed by atoms with E-state index in [-0.39, 0.29) is 23.4 Å². The van der Waals surface area contributed by atoms with E-state index in [0.717, 1.165) is 6.33 Å². The van der Waals surface area contributed by atoms with E-state index in [1.165, 1.54) is 0 Å². The Morgan fingerprint density at radius 3 is 2.83 bits per heavy atom. The van der Waals surface area contributed by atoms with Crippen LogP contribution >= 0.6 is 0 Å². The van der Waals surface area contributed by atoms with Crippen molar-refractivity contribution in [2.45, 2.75) is 19.4 Å². The zero-order chi connectivity index (χ0) is 13.7. The van der Waals surface area contributed by atoms with Crippen LogP contribution in [0.25, 0.3) is 0 Å². The molecule has 0 fully saturated rings. The third-order valence-electron chi connectivity index (χ3n) is 2.25. The van der Waals surface area contributed by atoms with Crippen molar-refractivity contribution in [3.63, 3.8) is 0 Å². The highest BCUT2D eigenvalue weighted by molar-refractivity contribution is 7.84. The van der Waals surface area contributed by atoms with Gasteiger partial charge >= 0.3 is 5.69 Å². The summed E-state index contributed by atoms with van der Waals surface area (Å²) in [6, 6.07) is -0.0955. The van der Waals surface area contributed by atoms with E-state index >= 15 is 0 Å². The Morgan fingerprint density at radius 1 is 1.61 bits per heavy atom. The Hall–Kier alpha value is -1.77. The second-order valence-corrected chi connectivity index (χ2v) is 5.38. The lowest BCUT2D eigenvalue weighted by Crippen LogP contribution is -2.20. The maximum Gasteiger partial charge on any atom is 0.352 e. The van der Waals surface area contributed by atoms with Crippen LogP contribution < -0.4 is 11.1 Å². The van der Waals surface area contributed by atoms with Crippen LogP contribution in [0.2, 0.25) is 0 Å². The molecule has 0 amide bonds. The van der Waals surface area contributed by atoms with Crippen molar-refractivity contribution in [1.82, 2.24) is 9.97 Å². The molecule has 0 saturated heterocycles. The lowest BCUT2D eigenvalue weighted by Gasteiger charge is -2.13. The first-order valence-corrected chi connectivity index (χ1v) is 6.96. The first-order chi connectivity index (χ1) is 8.41. The molecule has 1 heterocycles. The molecule has 0 radical (unpaired) electrons. The molecule has 0 aliphatic rings. The van der Waals surface area contributed by atoms with E-state index in [4.69, 9.17) is 5.73 Å². The van der Waals surface area contributed by atoms with Gasteiger partial charge in [-0.15, -0.1) is 0 Å². The van der Waals surface area contributed by atoms with Gasteiger partial charge in [-0.05, 0) is 13.3 Å². The van der Waals surface area contributed by atoms with Gasteiger partial charge in [0, 0.05) is 28.9 Å². The molecule has 1 aromatic rings. The Bertz CT molecular complexity index is 468. The molecule has 1 rings (SSSR count). The number of aromatic nitrogens is 2. The molecule has 0 spiro atoms. The molecule has 9 heteroatoms. The maximum atomic E-state index is 11.0.